The highest BCUT2D eigenvalue weighted by atomic mass is 35.5. The summed E-state index contributed by atoms with van der Waals surface area (Å²) >= 11 is 6.09. The van der Waals surface area contributed by atoms with Gasteiger partial charge in [-0.25, -0.2) is 9.97 Å². The summed E-state index contributed by atoms with van der Waals surface area (Å²) in [5.41, 5.74) is 8.23. The molecule has 0 bridgehead atoms. The second kappa shape index (κ2) is 5.23. The predicted molar refractivity (Wildman–Crippen MR) is 71.7 cm³/mol. The number of nitrogens with zero attached hydrogens (tertiary/aromatic N) is 2. The van der Waals surface area contributed by atoms with Crippen LogP contribution in [0.3, 0.4) is 0 Å². The van der Waals surface area contributed by atoms with Gasteiger partial charge in [0.15, 0.2) is 0 Å². The Bertz CT molecular complexity index is 549. The third-order valence-electron chi connectivity index (χ3n) is 2.53. The molecule has 0 saturated carbocycles. The Morgan fingerprint density at radius 3 is 2.56 bits per heavy atom. The summed E-state index contributed by atoms with van der Waals surface area (Å²) in [6.45, 7) is 4.25. The molecular weight excluding hydrogens is 250 g/mol. The molecule has 2 aromatic rings. The quantitative estimate of drug-likeness (QED) is 0.925. The van der Waals surface area contributed by atoms with Gasteiger partial charge in [0.05, 0.1) is 5.69 Å². The molecule has 18 heavy (non-hydrogen) atoms. The number of halogens is 1. The molecule has 0 spiro atoms. The highest BCUT2D eigenvalue weighted by Gasteiger charge is 2.04. The van der Waals surface area contributed by atoms with Crippen molar-refractivity contribution in [2.75, 3.05) is 5.73 Å². The van der Waals surface area contributed by atoms with Crippen LogP contribution in [0.2, 0.25) is 5.02 Å². The van der Waals surface area contributed by atoms with E-state index in [-0.39, 0.29) is 5.95 Å². The summed E-state index contributed by atoms with van der Waals surface area (Å²) in [5.74, 6) is 1.02. The molecule has 0 saturated heterocycles. The highest BCUT2D eigenvalue weighted by Crippen LogP contribution is 2.26. The van der Waals surface area contributed by atoms with Gasteiger partial charge in [0.2, 0.25) is 5.95 Å². The normalized spacial score (nSPS) is 10.4. The van der Waals surface area contributed by atoms with Crippen LogP contribution in [0.15, 0.2) is 24.4 Å². The number of anilines is 1. The van der Waals surface area contributed by atoms with Crippen LogP contribution in [0.5, 0.6) is 5.75 Å². The molecule has 94 valence electrons. The van der Waals surface area contributed by atoms with Crippen LogP contribution in [0, 0.1) is 13.8 Å². The van der Waals surface area contributed by atoms with Gasteiger partial charge in [-0.15, -0.1) is 0 Å². The molecule has 0 atom stereocenters. The average Bonchev–Trinajstić information content (AvgIpc) is 2.33. The van der Waals surface area contributed by atoms with Gasteiger partial charge in [-0.05, 0) is 43.2 Å². The molecule has 0 radical (unpaired) electrons. The first kappa shape index (κ1) is 12.6. The Kier molecular flexibility index (Phi) is 3.67. The van der Waals surface area contributed by atoms with Gasteiger partial charge in [-0.2, -0.15) is 0 Å². The molecule has 2 N–H and O–H groups in total. The number of ether oxygens (including phenoxy) is 1. The lowest BCUT2D eigenvalue weighted by atomic mass is 10.1. The van der Waals surface area contributed by atoms with E-state index in [0.29, 0.717) is 6.61 Å². The predicted octanol–water partition coefficient (Wildman–Crippen LogP) is 2.91. The van der Waals surface area contributed by atoms with Gasteiger partial charge in [-0.3, -0.25) is 0 Å². The van der Waals surface area contributed by atoms with Crippen molar-refractivity contribution < 1.29 is 4.74 Å². The Labute approximate surface area is 111 Å². The molecule has 0 aliphatic rings. The Hall–Kier alpha value is -1.81. The van der Waals surface area contributed by atoms with Crippen molar-refractivity contribution in [2.45, 2.75) is 20.5 Å². The zero-order valence-electron chi connectivity index (χ0n) is 10.3. The van der Waals surface area contributed by atoms with E-state index in [1.807, 2.05) is 26.0 Å². The molecule has 0 fully saturated rings. The largest absolute Gasteiger partial charge is 0.487 e. The van der Waals surface area contributed by atoms with E-state index in [2.05, 4.69) is 9.97 Å². The van der Waals surface area contributed by atoms with Crippen LogP contribution in [0.4, 0.5) is 5.95 Å². The molecule has 1 heterocycles. The van der Waals surface area contributed by atoms with Crippen LogP contribution in [-0.2, 0) is 6.61 Å². The summed E-state index contributed by atoms with van der Waals surface area (Å²) < 4.78 is 5.66. The van der Waals surface area contributed by atoms with E-state index in [9.17, 15) is 0 Å². The number of aryl methyl sites for hydroxylation is 2. The van der Waals surface area contributed by atoms with E-state index >= 15 is 0 Å². The standard InChI is InChI=1S/C13H14ClN3O/c1-8-5-11(6-9(2)12(8)14)18-7-10-3-4-16-13(15)17-10/h3-6H,7H2,1-2H3,(H2,15,16,17). The van der Waals surface area contributed by atoms with Crippen molar-refractivity contribution in [3.63, 3.8) is 0 Å². The molecular formula is C13H14ClN3O. The fourth-order valence-electron chi connectivity index (χ4n) is 1.64. The molecule has 0 aliphatic carbocycles. The van der Waals surface area contributed by atoms with Crippen molar-refractivity contribution in [2.24, 2.45) is 0 Å². The van der Waals surface area contributed by atoms with E-state index in [1.54, 1.807) is 12.3 Å². The van der Waals surface area contributed by atoms with Crippen molar-refractivity contribution in [3.05, 3.63) is 46.2 Å². The maximum absolute atomic E-state index is 6.09. The van der Waals surface area contributed by atoms with E-state index < -0.39 is 0 Å². The van der Waals surface area contributed by atoms with Crippen molar-refractivity contribution in [1.29, 1.82) is 0 Å². The summed E-state index contributed by atoms with van der Waals surface area (Å²) in [6, 6.07) is 5.58. The van der Waals surface area contributed by atoms with Crippen LogP contribution >= 0.6 is 11.6 Å². The van der Waals surface area contributed by atoms with Gasteiger partial charge < -0.3 is 10.5 Å². The molecule has 1 aromatic heterocycles. The first-order chi connectivity index (χ1) is 8.56. The number of hydrogen-bond acceptors (Lipinski definition) is 4. The Morgan fingerprint density at radius 1 is 1.28 bits per heavy atom. The third kappa shape index (κ3) is 2.90. The fraction of sp³-hybridized carbons (Fsp3) is 0.231. The van der Waals surface area contributed by atoms with Crippen molar-refractivity contribution >= 4 is 17.5 Å². The smallest absolute Gasteiger partial charge is 0.220 e. The van der Waals surface area contributed by atoms with Gasteiger partial charge in [0.1, 0.15) is 12.4 Å². The Balaban J connectivity index is 2.11. The average molecular weight is 264 g/mol. The van der Waals surface area contributed by atoms with E-state index in [4.69, 9.17) is 22.1 Å². The van der Waals surface area contributed by atoms with Crippen LogP contribution < -0.4 is 10.5 Å². The molecule has 4 nitrogen and oxygen atoms in total. The summed E-state index contributed by atoms with van der Waals surface area (Å²) in [6.07, 6.45) is 1.61. The summed E-state index contributed by atoms with van der Waals surface area (Å²) in [7, 11) is 0. The van der Waals surface area contributed by atoms with Crippen molar-refractivity contribution in [1.82, 2.24) is 9.97 Å². The zero-order chi connectivity index (χ0) is 13.1. The first-order valence-electron chi connectivity index (χ1n) is 5.53. The monoisotopic (exact) mass is 263 g/mol. The maximum Gasteiger partial charge on any atom is 0.220 e. The second-order valence-electron chi connectivity index (χ2n) is 4.07. The minimum Gasteiger partial charge on any atom is -0.487 e. The minimum atomic E-state index is 0.250. The van der Waals surface area contributed by atoms with Gasteiger partial charge in [-0.1, -0.05) is 11.6 Å². The maximum atomic E-state index is 6.09. The van der Waals surface area contributed by atoms with Gasteiger partial charge in [0, 0.05) is 11.2 Å². The number of aromatic nitrogens is 2. The number of benzene rings is 1. The van der Waals surface area contributed by atoms with Crippen LogP contribution in [0.25, 0.3) is 0 Å². The number of hydrogen-bond donors (Lipinski definition) is 1. The van der Waals surface area contributed by atoms with E-state index in [1.165, 1.54) is 0 Å². The topological polar surface area (TPSA) is 61.0 Å². The highest BCUT2D eigenvalue weighted by molar-refractivity contribution is 6.32. The van der Waals surface area contributed by atoms with Gasteiger partial charge >= 0.3 is 0 Å². The number of nitrogens with two attached hydrogens (primary N) is 1. The third-order valence-corrected chi connectivity index (χ3v) is 3.12. The SMILES string of the molecule is Cc1cc(OCc2ccnc(N)n2)cc(C)c1Cl. The molecule has 0 aliphatic heterocycles. The lowest BCUT2D eigenvalue weighted by molar-refractivity contribution is 0.301. The minimum absolute atomic E-state index is 0.250. The first-order valence-corrected chi connectivity index (χ1v) is 5.91. The van der Waals surface area contributed by atoms with E-state index in [0.717, 1.165) is 27.6 Å². The van der Waals surface area contributed by atoms with Crippen LogP contribution in [-0.4, -0.2) is 9.97 Å². The molecule has 0 amide bonds. The lowest BCUT2D eigenvalue weighted by Crippen LogP contribution is -2.02. The lowest BCUT2D eigenvalue weighted by Gasteiger charge is -2.09. The molecule has 1 aromatic carbocycles. The number of rotatable bonds is 3. The Morgan fingerprint density at radius 2 is 1.94 bits per heavy atom. The van der Waals surface area contributed by atoms with Gasteiger partial charge in [0.25, 0.3) is 0 Å². The molecule has 5 heteroatoms. The van der Waals surface area contributed by atoms with Crippen molar-refractivity contribution in [3.8, 4) is 5.75 Å². The van der Waals surface area contributed by atoms with Crippen LogP contribution in [0.1, 0.15) is 16.8 Å². The second-order valence-corrected chi connectivity index (χ2v) is 4.44. The summed E-state index contributed by atoms with van der Waals surface area (Å²) in [4.78, 5) is 7.89. The zero-order valence-corrected chi connectivity index (χ0v) is 11.0. The molecule has 0 unspecified atom stereocenters. The summed E-state index contributed by atoms with van der Waals surface area (Å²) in [5, 5.41) is 0.772. The number of nitrogen functional groups attached to an aromatic ring is 1. The fourth-order valence-corrected chi connectivity index (χ4v) is 1.75. The molecule has 2 rings (SSSR count).